The molecule has 25 heavy (non-hydrogen) atoms. The molecule has 1 aromatic heterocycles. The molecule has 2 aromatic rings. The van der Waals surface area contributed by atoms with Gasteiger partial charge in [-0.3, -0.25) is 9.78 Å². The maximum Gasteiger partial charge on any atom is 0.253 e. The number of hydrogen-bond donors (Lipinski definition) is 0. The fourth-order valence-electron chi connectivity index (χ4n) is 3.09. The van der Waals surface area contributed by atoms with Crippen molar-refractivity contribution in [3.05, 3.63) is 53.2 Å². The van der Waals surface area contributed by atoms with Gasteiger partial charge in [0.1, 0.15) is 0 Å². The third-order valence-corrected chi connectivity index (χ3v) is 4.61. The summed E-state index contributed by atoms with van der Waals surface area (Å²) in [5, 5.41) is 0.611. The zero-order valence-corrected chi connectivity index (χ0v) is 15.2. The lowest BCUT2D eigenvalue weighted by atomic mass is 10.1. The van der Waals surface area contributed by atoms with Gasteiger partial charge in [0, 0.05) is 37.0 Å². The Hall–Kier alpha value is -1.91. The lowest BCUT2D eigenvalue weighted by Gasteiger charge is -2.25. The summed E-state index contributed by atoms with van der Waals surface area (Å²) in [6, 6.07) is 11.3. The average molecular weight is 359 g/mol. The first-order valence-corrected chi connectivity index (χ1v) is 9.18. The molecular formula is C20H23ClN2O2. The number of carbonyl (C=O) groups is 1. The van der Waals surface area contributed by atoms with Gasteiger partial charge in [0.25, 0.3) is 5.91 Å². The number of amides is 1. The van der Waals surface area contributed by atoms with Crippen LogP contribution in [-0.2, 0) is 4.74 Å². The third-order valence-electron chi connectivity index (χ3n) is 4.38. The smallest absolute Gasteiger partial charge is 0.253 e. The zero-order chi connectivity index (χ0) is 17.6. The van der Waals surface area contributed by atoms with Crippen molar-refractivity contribution in [2.45, 2.75) is 32.3 Å². The maximum absolute atomic E-state index is 12.9. The van der Waals surface area contributed by atoms with E-state index >= 15 is 0 Å². The van der Waals surface area contributed by atoms with E-state index in [0.29, 0.717) is 17.1 Å². The van der Waals surface area contributed by atoms with Crippen LogP contribution in [0.2, 0.25) is 5.02 Å². The molecule has 1 saturated heterocycles. The summed E-state index contributed by atoms with van der Waals surface area (Å²) in [4.78, 5) is 19.1. The highest BCUT2D eigenvalue weighted by molar-refractivity contribution is 6.30. The SMILES string of the molecule is CCCN(CC1CCCO1)C(=O)c1ccc(-c2ccc(Cl)cn2)cc1. The molecule has 1 amide bonds. The number of rotatable bonds is 6. The molecule has 0 radical (unpaired) electrons. The fraction of sp³-hybridized carbons (Fsp3) is 0.400. The molecular weight excluding hydrogens is 336 g/mol. The lowest BCUT2D eigenvalue weighted by molar-refractivity contribution is 0.0526. The molecule has 132 valence electrons. The van der Waals surface area contributed by atoms with Gasteiger partial charge in [0.05, 0.1) is 16.8 Å². The minimum Gasteiger partial charge on any atom is -0.376 e. The topological polar surface area (TPSA) is 42.4 Å². The number of halogens is 1. The Kier molecular flexibility index (Phi) is 6.05. The molecule has 1 aliphatic heterocycles. The number of aromatic nitrogens is 1. The van der Waals surface area contributed by atoms with Crippen molar-refractivity contribution in [3.8, 4) is 11.3 Å². The van der Waals surface area contributed by atoms with Crippen molar-refractivity contribution in [2.24, 2.45) is 0 Å². The van der Waals surface area contributed by atoms with Crippen molar-refractivity contribution in [1.29, 1.82) is 0 Å². The van der Waals surface area contributed by atoms with Crippen molar-refractivity contribution >= 4 is 17.5 Å². The van der Waals surface area contributed by atoms with Crippen molar-refractivity contribution in [2.75, 3.05) is 19.7 Å². The predicted molar refractivity (Wildman–Crippen MR) is 99.9 cm³/mol. The molecule has 1 atom stereocenters. The van der Waals surface area contributed by atoms with Gasteiger partial charge in [-0.1, -0.05) is 30.7 Å². The molecule has 1 aliphatic rings. The summed E-state index contributed by atoms with van der Waals surface area (Å²) >= 11 is 5.88. The predicted octanol–water partition coefficient (Wildman–Crippen LogP) is 4.43. The number of hydrogen-bond acceptors (Lipinski definition) is 3. The second-order valence-electron chi connectivity index (χ2n) is 6.33. The van der Waals surface area contributed by atoms with Crippen LogP contribution in [0.25, 0.3) is 11.3 Å². The van der Waals surface area contributed by atoms with E-state index in [1.165, 1.54) is 0 Å². The summed E-state index contributed by atoms with van der Waals surface area (Å²) in [7, 11) is 0. The van der Waals surface area contributed by atoms with Gasteiger partial charge in [-0.2, -0.15) is 0 Å². The first kappa shape index (κ1) is 17.9. The second kappa shape index (κ2) is 8.45. The van der Waals surface area contributed by atoms with Crippen LogP contribution in [0.4, 0.5) is 0 Å². The molecule has 0 aliphatic carbocycles. The highest BCUT2D eigenvalue weighted by Crippen LogP contribution is 2.20. The molecule has 0 bridgehead atoms. The van der Waals surface area contributed by atoms with E-state index in [4.69, 9.17) is 16.3 Å². The standard InChI is InChI=1S/C20H23ClN2O2/c1-2-11-23(14-18-4-3-12-25-18)20(24)16-7-5-15(6-8-16)19-10-9-17(21)13-22-19/h5-10,13,18H,2-4,11-12,14H2,1H3. The second-order valence-corrected chi connectivity index (χ2v) is 6.76. The molecule has 1 aromatic carbocycles. The van der Waals surface area contributed by atoms with Crippen LogP contribution in [0.1, 0.15) is 36.5 Å². The Morgan fingerprint density at radius 3 is 2.68 bits per heavy atom. The lowest BCUT2D eigenvalue weighted by Crippen LogP contribution is -2.37. The number of nitrogens with zero attached hydrogens (tertiary/aromatic N) is 2. The van der Waals surface area contributed by atoms with Crippen molar-refractivity contribution in [1.82, 2.24) is 9.88 Å². The van der Waals surface area contributed by atoms with Crippen LogP contribution >= 0.6 is 11.6 Å². The highest BCUT2D eigenvalue weighted by Gasteiger charge is 2.22. The van der Waals surface area contributed by atoms with Gasteiger partial charge in [-0.25, -0.2) is 0 Å². The molecule has 1 unspecified atom stereocenters. The Labute approximate surface area is 153 Å². The van der Waals surface area contributed by atoms with Gasteiger partial charge in [0.2, 0.25) is 0 Å². The van der Waals surface area contributed by atoms with E-state index < -0.39 is 0 Å². The van der Waals surface area contributed by atoms with E-state index in [0.717, 1.165) is 43.7 Å². The van der Waals surface area contributed by atoms with Crippen LogP contribution in [0, 0.1) is 0 Å². The van der Waals surface area contributed by atoms with Gasteiger partial charge in [-0.15, -0.1) is 0 Å². The van der Waals surface area contributed by atoms with Crippen LogP contribution < -0.4 is 0 Å². The Bertz CT molecular complexity index is 695. The Morgan fingerprint density at radius 2 is 2.08 bits per heavy atom. The Morgan fingerprint density at radius 1 is 1.28 bits per heavy atom. The molecule has 0 saturated carbocycles. The highest BCUT2D eigenvalue weighted by atomic mass is 35.5. The molecule has 5 heteroatoms. The summed E-state index contributed by atoms with van der Waals surface area (Å²) in [5.41, 5.74) is 2.51. The zero-order valence-electron chi connectivity index (χ0n) is 14.5. The average Bonchev–Trinajstić information content (AvgIpc) is 3.15. The largest absolute Gasteiger partial charge is 0.376 e. The number of ether oxygens (including phenoxy) is 1. The quantitative estimate of drug-likeness (QED) is 0.767. The van der Waals surface area contributed by atoms with E-state index in [-0.39, 0.29) is 12.0 Å². The Balaban J connectivity index is 1.72. The first-order valence-electron chi connectivity index (χ1n) is 8.80. The van der Waals surface area contributed by atoms with Gasteiger partial charge < -0.3 is 9.64 Å². The molecule has 4 nitrogen and oxygen atoms in total. The third kappa shape index (κ3) is 4.59. The van der Waals surface area contributed by atoms with Crippen LogP contribution in [0.5, 0.6) is 0 Å². The first-order chi connectivity index (χ1) is 12.2. The summed E-state index contributed by atoms with van der Waals surface area (Å²) in [5.74, 6) is 0.0629. The summed E-state index contributed by atoms with van der Waals surface area (Å²) in [6.45, 7) is 4.32. The van der Waals surface area contributed by atoms with Gasteiger partial charge >= 0.3 is 0 Å². The molecule has 0 N–H and O–H groups in total. The van der Waals surface area contributed by atoms with Crippen LogP contribution in [-0.4, -0.2) is 41.6 Å². The molecule has 2 heterocycles. The number of benzene rings is 1. The van der Waals surface area contributed by atoms with Gasteiger partial charge in [0.15, 0.2) is 0 Å². The fourth-order valence-corrected chi connectivity index (χ4v) is 3.20. The summed E-state index contributed by atoms with van der Waals surface area (Å²) < 4.78 is 5.69. The molecule has 0 spiro atoms. The number of pyridine rings is 1. The summed E-state index contributed by atoms with van der Waals surface area (Å²) in [6.07, 6.45) is 4.86. The maximum atomic E-state index is 12.9. The molecule has 1 fully saturated rings. The normalized spacial score (nSPS) is 16.8. The van der Waals surface area contributed by atoms with E-state index in [1.807, 2.05) is 41.3 Å². The molecule has 3 rings (SSSR count). The monoisotopic (exact) mass is 358 g/mol. The van der Waals surface area contributed by atoms with Crippen LogP contribution in [0.15, 0.2) is 42.6 Å². The minimum atomic E-state index is 0.0629. The van der Waals surface area contributed by atoms with Crippen LogP contribution in [0.3, 0.4) is 0 Å². The number of carbonyl (C=O) groups excluding carboxylic acids is 1. The van der Waals surface area contributed by atoms with Gasteiger partial charge in [-0.05, 0) is 43.5 Å². The van der Waals surface area contributed by atoms with E-state index in [1.54, 1.807) is 6.20 Å². The minimum absolute atomic E-state index is 0.0629. The van der Waals surface area contributed by atoms with E-state index in [2.05, 4.69) is 11.9 Å². The van der Waals surface area contributed by atoms with E-state index in [9.17, 15) is 4.79 Å². The van der Waals surface area contributed by atoms with Crippen molar-refractivity contribution in [3.63, 3.8) is 0 Å². The van der Waals surface area contributed by atoms with Crippen molar-refractivity contribution < 1.29 is 9.53 Å².